The van der Waals surface area contributed by atoms with Crippen molar-refractivity contribution in [1.82, 2.24) is 20.4 Å². The molecule has 2 N–H and O–H groups in total. The van der Waals surface area contributed by atoms with Gasteiger partial charge in [-0.3, -0.25) is 0 Å². The lowest BCUT2D eigenvalue weighted by atomic mass is 10.1. The predicted molar refractivity (Wildman–Crippen MR) is 103 cm³/mol. The van der Waals surface area contributed by atoms with Crippen LogP contribution in [0, 0.1) is 0 Å². The Labute approximate surface area is 161 Å². The average molecular weight is 465 g/mol. The summed E-state index contributed by atoms with van der Waals surface area (Å²) in [7, 11) is 0. The van der Waals surface area contributed by atoms with Crippen molar-refractivity contribution in [1.29, 1.82) is 0 Å². The first kappa shape index (κ1) is 16.7. The Morgan fingerprint density at radius 1 is 1.20 bits per heavy atom. The number of benzene rings is 1. The summed E-state index contributed by atoms with van der Waals surface area (Å²) in [5.74, 6) is 2.32. The van der Waals surface area contributed by atoms with Crippen LogP contribution in [0.4, 0.5) is 11.5 Å². The van der Waals surface area contributed by atoms with Crippen LogP contribution in [0.1, 0.15) is 18.2 Å². The van der Waals surface area contributed by atoms with Crippen LogP contribution >= 0.6 is 31.9 Å². The molecule has 2 aromatic heterocycles. The third-order valence-corrected chi connectivity index (χ3v) is 5.25. The van der Waals surface area contributed by atoms with Crippen molar-refractivity contribution in [2.75, 3.05) is 18.4 Å². The van der Waals surface area contributed by atoms with E-state index < -0.39 is 0 Å². The zero-order valence-corrected chi connectivity index (χ0v) is 16.3. The number of hydrogen-bond acceptors (Lipinski definition) is 6. The summed E-state index contributed by atoms with van der Waals surface area (Å²) in [5, 5.41) is 10.7. The highest BCUT2D eigenvalue weighted by atomic mass is 79.9. The number of nitrogens with one attached hydrogen (secondary N) is 2. The van der Waals surface area contributed by atoms with Gasteiger partial charge in [-0.2, -0.15) is 4.98 Å². The minimum atomic E-state index is 0.309. The molecule has 6 nitrogen and oxygen atoms in total. The standard InChI is InChI=1S/C17H15Br2N5O/c18-12-2-3-13(19)14(7-12)22-15-4-1-10(9-21-15)16-23-17(25-24-16)11-5-6-20-8-11/h1-4,7,9,11,20H,5-6,8H2,(H,21,22)/t11-/m1/s1. The van der Waals surface area contributed by atoms with Crippen LogP contribution < -0.4 is 10.6 Å². The van der Waals surface area contributed by atoms with Gasteiger partial charge in [-0.1, -0.05) is 21.1 Å². The van der Waals surface area contributed by atoms with Crippen molar-refractivity contribution in [2.24, 2.45) is 0 Å². The van der Waals surface area contributed by atoms with E-state index in [2.05, 4.69) is 57.6 Å². The van der Waals surface area contributed by atoms with Crippen LogP contribution in [-0.2, 0) is 0 Å². The highest BCUT2D eigenvalue weighted by Gasteiger charge is 2.23. The molecule has 1 aromatic carbocycles. The maximum Gasteiger partial charge on any atom is 0.231 e. The summed E-state index contributed by atoms with van der Waals surface area (Å²) in [6.45, 7) is 1.89. The number of anilines is 2. The van der Waals surface area contributed by atoms with Crippen molar-refractivity contribution < 1.29 is 4.52 Å². The molecule has 1 fully saturated rings. The van der Waals surface area contributed by atoms with Gasteiger partial charge in [0.2, 0.25) is 11.7 Å². The van der Waals surface area contributed by atoms with Gasteiger partial charge in [0.15, 0.2) is 0 Å². The summed E-state index contributed by atoms with van der Waals surface area (Å²) < 4.78 is 7.36. The number of nitrogens with zero attached hydrogens (tertiary/aromatic N) is 3. The molecule has 25 heavy (non-hydrogen) atoms. The van der Waals surface area contributed by atoms with Gasteiger partial charge in [0.05, 0.1) is 11.6 Å². The Bertz CT molecular complexity index is 875. The fraction of sp³-hybridized carbons (Fsp3) is 0.235. The van der Waals surface area contributed by atoms with E-state index in [0.29, 0.717) is 17.6 Å². The second kappa shape index (κ2) is 7.23. The van der Waals surface area contributed by atoms with Gasteiger partial charge < -0.3 is 15.2 Å². The van der Waals surface area contributed by atoms with Crippen LogP contribution in [0.2, 0.25) is 0 Å². The molecule has 0 radical (unpaired) electrons. The Balaban J connectivity index is 1.51. The third kappa shape index (κ3) is 3.75. The van der Waals surface area contributed by atoms with Gasteiger partial charge in [0.25, 0.3) is 0 Å². The van der Waals surface area contributed by atoms with Crippen molar-refractivity contribution in [3.63, 3.8) is 0 Å². The highest BCUT2D eigenvalue weighted by Crippen LogP contribution is 2.29. The second-order valence-corrected chi connectivity index (χ2v) is 7.60. The first-order valence-electron chi connectivity index (χ1n) is 7.92. The van der Waals surface area contributed by atoms with Crippen molar-refractivity contribution in [3.05, 3.63) is 51.4 Å². The lowest BCUT2D eigenvalue weighted by molar-refractivity contribution is 0.359. The molecule has 1 aliphatic rings. The van der Waals surface area contributed by atoms with Crippen molar-refractivity contribution >= 4 is 43.4 Å². The summed E-state index contributed by atoms with van der Waals surface area (Å²) >= 11 is 6.99. The van der Waals surface area contributed by atoms with E-state index in [4.69, 9.17) is 4.52 Å². The molecule has 0 spiro atoms. The predicted octanol–water partition coefficient (Wildman–Crippen LogP) is 4.48. The van der Waals surface area contributed by atoms with Gasteiger partial charge in [0, 0.05) is 27.3 Å². The van der Waals surface area contributed by atoms with E-state index in [9.17, 15) is 0 Å². The zero-order valence-electron chi connectivity index (χ0n) is 13.2. The molecule has 0 unspecified atom stereocenters. The molecule has 0 bridgehead atoms. The quantitative estimate of drug-likeness (QED) is 0.592. The van der Waals surface area contributed by atoms with Gasteiger partial charge in [-0.05, 0) is 59.2 Å². The van der Waals surface area contributed by atoms with E-state index in [0.717, 1.165) is 45.5 Å². The Hall–Kier alpha value is -1.77. The summed E-state index contributed by atoms with van der Waals surface area (Å²) in [4.78, 5) is 8.96. The molecule has 0 aliphatic carbocycles. The fourth-order valence-corrected chi connectivity index (χ4v) is 3.42. The number of rotatable bonds is 4. The number of aromatic nitrogens is 3. The van der Waals surface area contributed by atoms with Gasteiger partial charge in [0.1, 0.15) is 5.82 Å². The van der Waals surface area contributed by atoms with Gasteiger partial charge >= 0.3 is 0 Å². The monoisotopic (exact) mass is 463 g/mol. The first-order valence-corrected chi connectivity index (χ1v) is 9.50. The molecule has 8 heteroatoms. The van der Waals surface area contributed by atoms with E-state index >= 15 is 0 Å². The molecule has 4 rings (SSSR count). The molecule has 0 amide bonds. The molecule has 1 aliphatic heterocycles. The normalized spacial score (nSPS) is 17.0. The molecule has 3 aromatic rings. The lowest BCUT2D eigenvalue weighted by Gasteiger charge is -2.08. The topological polar surface area (TPSA) is 75.9 Å². The van der Waals surface area contributed by atoms with Crippen LogP contribution in [0.15, 0.2) is 50.0 Å². The Morgan fingerprint density at radius 2 is 2.12 bits per heavy atom. The van der Waals surface area contributed by atoms with E-state index in [1.54, 1.807) is 6.20 Å². The smallest absolute Gasteiger partial charge is 0.231 e. The third-order valence-electron chi connectivity index (χ3n) is 4.06. The van der Waals surface area contributed by atoms with Gasteiger partial charge in [-0.25, -0.2) is 4.98 Å². The number of hydrogen-bond donors (Lipinski definition) is 2. The van der Waals surface area contributed by atoms with Crippen molar-refractivity contribution in [2.45, 2.75) is 12.3 Å². The second-order valence-electron chi connectivity index (χ2n) is 5.83. The summed E-state index contributed by atoms with van der Waals surface area (Å²) in [6, 6.07) is 9.76. The minimum Gasteiger partial charge on any atom is -0.339 e. The zero-order chi connectivity index (χ0) is 17.2. The minimum absolute atomic E-state index is 0.309. The van der Waals surface area contributed by atoms with E-state index in [1.807, 2.05) is 30.3 Å². The van der Waals surface area contributed by atoms with Crippen LogP contribution in [0.3, 0.4) is 0 Å². The molecular weight excluding hydrogens is 450 g/mol. The first-order chi connectivity index (χ1) is 12.2. The van der Waals surface area contributed by atoms with Gasteiger partial charge in [-0.15, -0.1) is 0 Å². The van der Waals surface area contributed by atoms with Crippen molar-refractivity contribution in [3.8, 4) is 11.4 Å². The summed E-state index contributed by atoms with van der Waals surface area (Å²) in [6.07, 6.45) is 2.78. The molecule has 128 valence electrons. The maximum atomic E-state index is 5.40. The summed E-state index contributed by atoms with van der Waals surface area (Å²) in [5.41, 5.74) is 1.77. The highest BCUT2D eigenvalue weighted by molar-refractivity contribution is 9.11. The van der Waals surface area contributed by atoms with Crippen LogP contribution in [0.25, 0.3) is 11.4 Å². The maximum absolute atomic E-state index is 5.40. The lowest BCUT2D eigenvalue weighted by Crippen LogP contribution is -2.08. The largest absolute Gasteiger partial charge is 0.339 e. The molecular formula is C17H15Br2N5O. The van der Waals surface area contributed by atoms with E-state index in [-0.39, 0.29) is 0 Å². The fourth-order valence-electron chi connectivity index (χ4n) is 2.72. The number of pyridine rings is 1. The molecule has 0 saturated carbocycles. The van der Waals surface area contributed by atoms with Crippen LogP contribution in [0.5, 0.6) is 0 Å². The SMILES string of the molecule is Brc1ccc(Br)c(Nc2ccc(-c3noc([C@@H]4CCNC4)n3)cn2)c1. The average Bonchev–Trinajstić information content (AvgIpc) is 3.30. The number of halogens is 2. The molecule has 3 heterocycles. The molecule has 1 saturated heterocycles. The Kier molecular flexibility index (Phi) is 4.82. The van der Waals surface area contributed by atoms with E-state index in [1.165, 1.54) is 0 Å². The Morgan fingerprint density at radius 3 is 2.88 bits per heavy atom. The molecule has 1 atom stereocenters. The van der Waals surface area contributed by atoms with Crippen LogP contribution in [-0.4, -0.2) is 28.2 Å².